The standard InChI is InChI=1S/C66H128NO8P/c1-3-5-7-9-11-13-15-17-19-21-23-24-25-26-27-28-29-30-31-32-33-34-35-36-37-38-39-40-41-43-44-46-48-50-52-54-56-58-65(68)72-62-64(63-74-76(70,71)73-61-60-67)75-66(69)59-57-55-53-51-49-47-45-42-22-20-18-16-14-12-10-8-6-4-2/h14,16,20,22,64H,3-13,15,17-19,21,23-63,67H2,1-2H3,(H,70,71)/b16-14-,22-20-. The van der Waals surface area contributed by atoms with E-state index in [1.54, 1.807) is 0 Å². The zero-order chi connectivity index (χ0) is 55.2. The van der Waals surface area contributed by atoms with E-state index in [1.807, 2.05) is 0 Å². The molecular weight excluding hydrogens is 966 g/mol. The molecule has 0 radical (unpaired) electrons. The van der Waals surface area contributed by atoms with Crippen molar-refractivity contribution >= 4 is 19.8 Å². The fourth-order valence-electron chi connectivity index (χ4n) is 10.1. The molecule has 0 rings (SSSR count). The van der Waals surface area contributed by atoms with E-state index in [0.717, 1.165) is 51.4 Å². The van der Waals surface area contributed by atoms with Crippen LogP contribution >= 0.6 is 7.82 Å². The molecule has 0 saturated heterocycles. The first-order valence-electron chi connectivity index (χ1n) is 33.3. The van der Waals surface area contributed by atoms with Gasteiger partial charge in [0, 0.05) is 19.4 Å². The minimum atomic E-state index is -4.39. The number of carbonyl (C=O) groups is 2. The molecule has 3 N–H and O–H groups in total. The largest absolute Gasteiger partial charge is 0.472 e. The minimum Gasteiger partial charge on any atom is -0.462 e. The van der Waals surface area contributed by atoms with E-state index in [-0.39, 0.29) is 38.6 Å². The van der Waals surface area contributed by atoms with Crippen LogP contribution in [0.2, 0.25) is 0 Å². The molecule has 10 heteroatoms. The maximum absolute atomic E-state index is 12.7. The van der Waals surface area contributed by atoms with Gasteiger partial charge in [0.2, 0.25) is 0 Å². The number of nitrogens with two attached hydrogens (primary N) is 1. The molecule has 450 valence electrons. The second-order valence-electron chi connectivity index (χ2n) is 22.7. The lowest BCUT2D eigenvalue weighted by Gasteiger charge is -2.19. The molecule has 0 fully saturated rings. The van der Waals surface area contributed by atoms with Crippen LogP contribution in [-0.4, -0.2) is 49.3 Å². The molecular formula is C66H128NO8P. The Kier molecular flexibility index (Phi) is 61.4. The third-order valence-electron chi connectivity index (χ3n) is 15.1. The van der Waals surface area contributed by atoms with Crippen molar-refractivity contribution in [3.8, 4) is 0 Å². The Hall–Kier alpha value is -1.51. The second kappa shape index (κ2) is 62.7. The van der Waals surface area contributed by atoms with E-state index in [2.05, 4.69) is 38.2 Å². The Morgan fingerprint density at radius 2 is 0.684 bits per heavy atom. The summed E-state index contributed by atoms with van der Waals surface area (Å²) in [7, 11) is -4.39. The summed E-state index contributed by atoms with van der Waals surface area (Å²) in [5.41, 5.74) is 5.39. The molecule has 0 aromatic rings. The van der Waals surface area contributed by atoms with Gasteiger partial charge in [-0.1, -0.05) is 321 Å². The number of hydrogen-bond acceptors (Lipinski definition) is 8. The molecule has 0 bridgehead atoms. The van der Waals surface area contributed by atoms with Crippen LogP contribution in [0.5, 0.6) is 0 Å². The van der Waals surface area contributed by atoms with Crippen LogP contribution in [0.4, 0.5) is 0 Å². The Morgan fingerprint density at radius 3 is 1.01 bits per heavy atom. The number of phosphoric ester groups is 1. The molecule has 0 spiro atoms. The summed E-state index contributed by atoms with van der Waals surface area (Å²) in [5, 5.41) is 0. The fourth-order valence-corrected chi connectivity index (χ4v) is 10.9. The van der Waals surface area contributed by atoms with Gasteiger partial charge in [-0.05, 0) is 44.9 Å². The highest BCUT2D eigenvalue weighted by molar-refractivity contribution is 7.47. The van der Waals surface area contributed by atoms with Gasteiger partial charge in [-0.2, -0.15) is 0 Å². The van der Waals surface area contributed by atoms with Crippen LogP contribution in [0.1, 0.15) is 354 Å². The molecule has 0 aliphatic carbocycles. The third-order valence-corrected chi connectivity index (χ3v) is 16.1. The van der Waals surface area contributed by atoms with E-state index in [9.17, 15) is 19.0 Å². The van der Waals surface area contributed by atoms with Crippen LogP contribution in [-0.2, 0) is 32.7 Å². The Bertz CT molecular complexity index is 1290. The van der Waals surface area contributed by atoms with Gasteiger partial charge >= 0.3 is 19.8 Å². The maximum Gasteiger partial charge on any atom is 0.472 e. The van der Waals surface area contributed by atoms with Crippen LogP contribution in [0.15, 0.2) is 24.3 Å². The lowest BCUT2D eigenvalue weighted by Crippen LogP contribution is -2.29. The minimum absolute atomic E-state index is 0.0540. The molecule has 76 heavy (non-hydrogen) atoms. The topological polar surface area (TPSA) is 134 Å². The first-order valence-corrected chi connectivity index (χ1v) is 34.8. The summed E-state index contributed by atoms with van der Waals surface area (Å²) in [6.45, 7) is 3.78. The summed E-state index contributed by atoms with van der Waals surface area (Å²) in [5.74, 6) is -0.819. The van der Waals surface area contributed by atoms with E-state index in [0.29, 0.717) is 6.42 Å². The summed E-state index contributed by atoms with van der Waals surface area (Å²) >= 11 is 0. The van der Waals surface area contributed by atoms with Gasteiger partial charge in [-0.15, -0.1) is 0 Å². The number of allylic oxidation sites excluding steroid dienone is 4. The molecule has 0 heterocycles. The zero-order valence-electron chi connectivity index (χ0n) is 50.5. The highest BCUT2D eigenvalue weighted by Crippen LogP contribution is 2.43. The van der Waals surface area contributed by atoms with Crippen LogP contribution in [0.25, 0.3) is 0 Å². The SMILES string of the molecule is CCCCCC/C=C\C/C=C\CCCCCCCCCC(=O)OC(COC(=O)CCCCCCCCCCCCCCCCCCCCCCCCCCCCCCCCCCCCCCC)COP(=O)(O)OCCN. The van der Waals surface area contributed by atoms with E-state index in [1.165, 1.54) is 270 Å². The van der Waals surface area contributed by atoms with Crippen LogP contribution in [0, 0.1) is 0 Å². The van der Waals surface area contributed by atoms with Crippen molar-refractivity contribution in [2.24, 2.45) is 5.73 Å². The molecule has 0 aliphatic heterocycles. The molecule has 0 saturated carbocycles. The molecule has 0 aromatic carbocycles. The smallest absolute Gasteiger partial charge is 0.462 e. The Balaban J connectivity index is 3.75. The third kappa shape index (κ3) is 61.7. The summed E-state index contributed by atoms with van der Waals surface area (Å²) < 4.78 is 33.1. The number of esters is 2. The first-order chi connectivity index (χ1) is 37.3. The number of unbranched alkanes of at least 4 members (excludes halogenated alkanes) is 47. The highest BCUT2D eigenvalue weighted by atomic mass is 31.2. The number of phosphoric acid groups is 1. The van der Waals surface area contributed by atoms with E-state index in [4.69, 9.17) is 24.3 Å². The van der Waals surface area contributed by atoms with Crippen molar-refractivity contribution in [3.05, 3.63) is 24.3 Å². The van der Waals surface area contributed by atoms with Crippen molar-refractivity contribution in [1.29, 1.82) is 0 Å². The van der Waals surface area contributed by atoms with E-state index >= 15 is 0 Å². The normalized spacial score (nSPS) is 13.1. The van der Waals surface area contributed by atoms with Gasteiger partial charge < -0.3 is 20.1 Å². The fraction of sp³-hybridized carbons (Fsp3) is 0.909. The van der Waals surface area contributed by atoms with Gasteiger partial charge in [0.25, 0.3) is 0 Å². The molecule has 0 aromatic heterocycles. The lowest BCUT2D eigenvalue weighted by molar-refractivity contribution is -0.161. The second-order valence-corrected chi connectivity index (χ2v) is 24.2. The van der Waals surface area contributed by atoms with Gasteiger partial charge in [0.1, 0.15) is 6.61 Å². The first kappa shape index (κ1) is 74.5. The van der Waals surface area contributed by atoms with Crippen molar-refractivity contribution in [2.45, 2.75) is 360 Å². The Labute approximate surface area is 472 Å². The molecule has 2 atom stereocenters. The van der Waals surface area contributed by atoms with Crippen LogP contribution < -0.4 is 5.73 Å². The summed E-state index contributed by atoms with van der Waals surface area (Å²) in [6.07, 6.45) is 75.7. The van der Waals surface area contributed by atoms with Gasteiger partial charge in [0.15, 0.2) is 6.10 Å². The zero-order valence-corrected chi connectivity index (χ0v) is 51.4. The Morgan fingerprint density at radius 1 is 0.395 bits per heavy atom. The molecule has 9 nitrogen and oxygen atoms in total. The number of hydrogen-bond donors (Lipinski definition) is 2. The summed E-state index contributed by atoms with van der Waals surface area (Å²) in [6, 6.07) is 0. The number of rotatable bonds is 64. The number of carbonyl (C=O) groups excluding carboxylic acids is 2. The average Bonchev–Trinajstić information content (AvgIpc) is 3.41. The molecule has 2 unspecified atom stereocenters. The van der Waals surface area contributed by atoms with Crippen molar-refractivity contribution in [3.63, 3.8) is 0 Å². The number of ether oxygens (including phenoxy) is 2. The van der Waals surface area contributed by atoms with Gasteiger partial charge in [0.05, 0.1) is 13.2 Å². The van der Waals surface area contributed by atoms with Gasteiger partial charge in [-0.25, -0.2) is 4.57 Å². The maximum atomic E-state index is 12.7. The quantitative estimate of drug-likeness (QED) is 0.0264. The highest BCUT2D eigenvalue weighted by Gasteiger charge is 2.26. The molecule has 0 aliphatic rings. The van der Waals surface area contributed by atoms with Crippen molar-refractivity contribution in [1.82, 2.24) is 0 Å². The average molecular weight is 1090 g/mol. The predicted molar refractivity (Wildman–Crippen MR) is 326 cm³/mol. The predicted octanol–water partition coefficient (Wildman–Crippen LogP) is 21.4. The van der Waals surface area contributed by atoms with Crippen molar-refractivity contribution in [2.75, 3.05) is 26.4 Å². The summed E-state index contributed by atoms with van der Waals surface area (Å²) in [4.78, 5) is 35.2. The van der Waals surface area contributed by atoms with Crippen LogP contribution in [0.3, 0.4) is 0 Å². The lowest BCUT2D eigenvalue weighted by atomic mass is 10.0. The van der Waals surface area contributed by atoms with Crippen molar-refractivity contribution < 1.29 is 37.6 Å². The molecule has 0 amide bonds. The van der Waals surface area contributed by atoms with Gasteiger partial charge in [-0.3, -0.25) is 18.6 Å². The monoisotopic (exact) mass is 1090 g/mol. The van der Waals surface area contributed by atoms with E-state index < -0.39 is 26.5 Å².